The van der Waals surface area contributed by atoms with E-state index in [1.807, 2.05) is 0 Å². The number of carbonyl (C=O) groups is 5. The molecule has 3 saturated heterocycles. The molecule has 5 aliphatic rings. The van der Waals surface area contributed by atoms with E-state index in [4.69, 9.17) is 23.7 Å². The smallest absolute Gasteiger partial charge is 0.335 e. The number of rotatable bonds is 2. The van der Waals surface area contributed by atoms with Gasteiger partial charge in [0.25, 0.3) is 0 Å². The maximum Gasteiger partial charge on any atom is 0.335 e. The zero-order valence-electron chi connectivity index (χ0n) is 25.1. The number of cyclic esters (lactones) is 2. The second-order valence-electron chi connectivity index (χ2n) is 13.4. The Hall–Kier alpha value is -3.25. The molecular weight excluding hydrogens is 552 g/mol. The molecule has 0 aromatic heterocycles. The first kappa shape index (κ1) is 30.2. The molecule has 5 rings (SSSR count). The Morgan fingerprint density at radius 2 is 1.48 bits per heavy atom. The predicted molar refractivity (Wildman–Crippen MR) is 141 cm³/mol. The normalized spacial score (nSPS) is 48.9. The third kappa shape index (κ3) is 2.83. The Morgan fingerprint density at radius 1 is 0.905 bits per heavy atom. The average Bonchev–Trinajstić information content (AvgIpc) is 3.07. The number of aliphatic hydroxyl groups excluding tert-OH is 1. The molecule has 230 valence electrons. The van der Waals surface area contributed by atoms with Gasteiger partial charge < -0.3 is 33.9 Å². The highest BCUT2D eigenvalue weighted by Gasteiger charge is 2.93. The van der Waals surface area contributed by atoms with Crippen molar-refractivity contribution in [1.29, 1.82) is 0 Å². The topological polar surface area (TPSA) is 172 Å². The van der Waals surface area contributed by atoms with E-state index in [0.29, 0.717) is 0 Å². The molecule has 10 atom stereocenters. The lowest BCUT2D eigenvalue weighted by molar-refractivity contribution is -0.332. The third-order valence-corrected chi connectivity index (χ3v) is 11.5. The lowest BCUT2D eigenvalue weighted by Gasteiger charge is -2.75. The van der Waals surface area contributed by atoms with Crippen LogP contribution >= 0.6 is 0 Å². The van der Waals surface area contributed by atoms with Gasteiger partial charge in [-0.15, -0.1) is 0 Å². The second-order valence-corrected chi connectivity index (χ2v) is 13.4. The highest BCUT2D eigenvalue weighted by Crippen LogP contribution is 2.80. The standard InChI is InChI=1S/C30H38O12/c1-13-26(9)21(40-17(5)32)30(37)14(2)28(11-18(33)20(34)41-24(28,6)7)12-19(39-16(4)31)27(30,10)29(13)23(36)38-15(3)25(29,8)22(35)42-26/h15,18-19,21,33,37H,1-2,11-12H2,3-10H3/t15-,18-,19-,21-,25+,26+,27-,28+,29-,30+/m0/s1. The fraction of sp³-hybridized carbons (Fsp3) is 0.700. The van der Waals surface area contributed by atoms with Crippen molar-refractivity contribution < 1.29 is 57.9 Å². The van der Waals surface area contributed by atoms with E-state index in [0.717, 1.165) is 13.8 Å². The fourth-order valence-electron chi connectivity index (χ4n) is 9.19. The van der Waals surface area contributed by atoms with Gasteiger partial charge in [0.05, 0.1) is 5.41 Å². The molecule has 12 nitrogen and oxygen atoms in total. The first-order chi connectivity index (χ1) is 19.1. The van der Waals surface area contributed by atoms with E-state index in [-0.39, 0.29) is 24.0 Å². The van der Waals surface area contributed by atoms with Gasteiger partial charge in [0.2, 0.25) is 0 Å². The minimum Gasteiger partial charge on any atom is -0.462 e. The van der Waals surface area contributed by atoms with Crippen LogP contribution < -0.4 is 0 Å². The Morgan fingerprint density at radius 3 is 2.02 bits per heavy atom. The van der Waals surface area contributed by atoms with Crippen LogP contribution in [0.5, 0.6) is 0 Å². The van der Waals surface area contributed by atoms with Crippen LogP contribution in [-0.2, 0) is 47.7 Å². The molecule has 0 amide bonds. The summed E-state index contributed by atoms with van der Waals surface area (Å²) in [6.07, 6.45) is -6.40. The van der Waals surface area contributed by atoms with Gasteiger partial charge in [-0.3, -0.25) is 19.2 Å². The van der Waals surface area contributed by atoms with Crippen LogP contribution in [0.25, 0.3) is 0 Å². The van der Waals surface area contributed by atoms with Crippen molar-refractivity contribution in [3.63, 3.8) is 0 Å². The summed E-state index contributed by atoms with van der Waals surface area (Å²) in [6.45, 7) is 19.7. The summed E-state index contributed by atoms with van der Waals surface area (Å²) in [7, 11) is 0. The molecule has 5 fully saturated rings. The zero-order chi connectivity index (χ0) is 31.8. The molecule has 2 bridgehead atoms. The lowest BCUT2D eigenvalue weighted by atomic mass is 9.30. The number of hydrogen-bond donors (Lipinski definition) is 2. The van der Waals surface area contributed by atoms with E-state index >= 15 is 0 Å². The van der Waals surface area contributed by atoms with Crippen molar-refractivity contribution in [3.8, 4) is 0 Å². The molecule has 2 saturated carbocycles. The monoisotopic (exact) mass is 590 g/mol. The Kier molecular flexibility index (Phi) is 5.91. The molecule has 0 radical (unpaired) electrons. The van der Waals surface area contributed by atoms with Gasteiger partial charge in [0.15, 0.2) is 17.8 Å². The van der Waals surface area contributed by atoms with Crippen molar-refractivity contribution in [2.24, 2.45) is 21.7 Å². The van der Waals surface area contributed by atoms with Gasteiger partial charge in [-0.25, -0.2) is 4.79 Å². The summed E-state index contributed by atoms with van der Waals surface area (Å²) >= 11 is 0. The van der Waals surface area contributed by atoms with Crippen LogP contribution in [0.1, 0.15) is 68.2 Å². The van der Waals surface area contributed by atoms with Crippen LogP contribution in [0.2, 0.25) is 0 Å². The van der Waals surface area contributed by atoms with Gasteiger partial charge in [0, 0.05) is 19.3 Å². The molecule has 42 heavy (non-hydrogen) atoms. The first-order valence-corrected chi connectivity index (χ1v) is 13.9. The fourth-order valence-corrected chi connectivity index (χ4v) is 9.19. The van der Waals surface area contributed by atoms with Gasteiger partial charge in [-0.1, -0.05) is 20.1 Å². The largest absolute Gasteiger partial charge is 0.462 e. The molecule has 3 heterocycles. The van der Waals surface area contributed by atoms with Crippen molar-refractivity contribution in [3.05, 3.63) is 24.3 Å². The van der Waals surface area contributed by atoms with Gasteiger partial charge in [-0.05, 0) is 58.6 Å². The molecule has 0 aromatic carbocycles. The minimum absolute atomic E-state index is 0.000133. The van der Waals surface area contributed by atoms with E-state index < -0.39 is 92.7 Å². The highest BCUT2D eigenvalue weighted by molar-refractivity contribution is 5.99. The summed E-state index contributed by atoms with van der Waals surface area (Å²) < 4.78 is 29.2. The SMILES string of the molecule is C=C1[C@]2(C[C@H](OC(C)=O)[C@@]3(C)[C@]45C(=C)[C@@](C)(OC(=O)[C@@]4(C)[C@H](C)OC5=O)[C@H](OC(C)=O)[C@]13O)C[C@H](O)C(=O)OC2(C)C. The van der Waals surface area contributed by atoms with E-state index in [1.54, 1.807) is 13.8 Å². The molecule has 2 N–H and O–H groups in total. The molecule has 0 unspecified atom stereocenters. The minimum atomic E-state index is -2.53. The number of aliphatic hydroxyl groups is 2. The summed E-state index contributed by atoms with van der Waals surface area (Å²) in [5, 5.41) is 24.2. The number of hydrogen-bond acceptors (Lipinski definition) is 12. The van der Waals surface area contributed by atoms with Crippen LogP contribution in [0, 0.1) is 21.7 Å². The van der Waals surface area contributed by atoms with Crippen molar-refractivity contribution in [2.75, 3.05) is 0 Å². The van der Waals surface area contributed by atoms with Crippen LogP contribution in [-0.4, -0.2) is 81.3 Å². The van der Waals surface area contributed by atoms with Crippen LogP contribution in [0.3, 0.4) is 0 Å². The maximum atomic E-state index is 14.3. The first-order valence-electron chi connectivity index (χ1n) is 13.9. The van der Waals surface area contributed by atoms with Crippen molar-refractivity contribution >= 4 is 29.8 Å². The van der Waals surface area contributed by atoms with Crippen molar-refractivity contribution in [2.45, 2.75) is 109 Å². The van der Waals surface area contributed by atoms with Gasteiger partial charge in [-0.2, -0.15) is 0 Å². The molecule has 3 aliphatic heterocycles. The molecule has 2 spiro atoms. The molecular formula is C30H38O12. The average molecular weight is 591 g/mol. The highest BCUT2D eigenvalue weighted by atomic mass is 16.6. The number of ether oxygens (including phenoxy) is 5. The second kappa shape index (κ2) is 8.22. The maximum absolute atomic E-state index is 14.3. The lowest BCUT2D eigenvalue weighted by Crippen LogP contribution is -2.87. The van der Waals surface area contributed by atoms with Crippen molar-refractivity contribution in [1.82, 2.24) is 0 Å². The van der Waals surface area contributed by atoms with E-state index in [1.165, 1.54) is 27.7 Å². The number of carbonyl (C=O) groups excluding carboxylic acids is 5. The molecule has 2 aliphatic carbocycles. The molecule has 0 aromatic rings. The van der Waals surface area contributed by atoms with Gasteiger partial charge in [0.1, 0.15) is 34.2 Å². The summed E-state index contributed by atoms with van der Waals surface area (Å²) in [4.78, 5) is 66.3. The van der Waals surface area contributed by atoms with Gasteiger partial charge >= 0.3 is 29.8 Å². The van der Waals surface area contributed by atoms with Crippen LogP contribution in [0.15, 0.2) is 24.3 Å². The summed E-state index contributed by atoms with van der Waals surface area (Å²) in [5.41, 5.74) is -13.5. The Labute approximate surface area is 243 Å². The van der Waals surface area contributed by atoms with E-state index in [9.17, 15) is 34.2 Å². The van der Waals surface area contributed by atoms with Crippen LogP contribution in [0.4, 0.5) is 0 Å². The zero-order valence-corrected chi connectivity index (χ0v) is 25.1. The molecule has 12 heteroatoms. The quantitative estimate of drug-likeness (QED) is 0.270. The number of esters is 5. The Bertz CT molecular complexity index is 1380. The Balaban J connectivity index is 1.96. The number of fused-ring (bicyclic) bond motifs is 2. The van der Waals surface area contributed by atoms with E-state index in [2.05, 4.69) is 13.2 Å². The summed E-state index contributed by atoms with van der Waals surface area (Å²) in [6, 6.07) is 0. The summed E-state index contributed by atoms with van der Waals surface area (Å²) in [5.74, 6) is -4.29. The third-order valence-electron chi connectivity index (χ3n) is 11.5. The predicted octanol–water partition coefficient (Wildman–Crippen LogP) is 1.44.